The molecule has 0 radical (unpaired) electrons. The molecule has 1 aliphatic carbocycles. The van der Waals surface area contributed by atoms with E-state index >= 15 is 0 Å². The highest BCUT2D eigenvalue weighted by Crippen LogP contribution is 2.75. The molecule has 0 aliphatic heterocycles. The number of alkyl halides is 2. The van der Waals surface area contributed by atoms with Crippen LogP contribution in [0, 0.1) is 16.7 Å². The van der Waals surface area contributed by atoms with Crippen LogP contribution in [0.4, 0.5) is 0 Å². The smallest absolute Gasteiger partial charge is 0.0718 e. The lowest BCUT2D eigenvalue weighted by Gasteiger charge is -2.19. The molecule has 2 heteroatoms. The van der Waals surface area contributed by atoms with E-state index in [-0.39, 0.29) is 3.23 Å². The van der Waals surface area contributed by atoms with E-state index in [1.165, 1.54) is 0 Å². The normalized spacial score (nSPS) is 33.5. The molecule has 1 rings (SSSR count). The van der Waals surface area contributed by atoms with Crippen LogP contribution in [0.2, 0.25) is 0 Å². The predicted octanol–water partition coefficient (Wildman–Crippen LogP) is 4.17. The van der Waals surface area contributed by atoms with Crippen molar-refractivity contribution >= 4 is 31.9 Å². The zero-order chi connectivity index (χ0) is 9.08. The van der Waals surface area contributed by atoms with Gasteiger partial charge in [-0.1, -0.05) is 66.5 Å². The zero-order valence-corrected chi connectivity index (χ0v) is 11.0. The third kappa shape index (κ3) is 1.31. The lowest BCUT2D eigenvalue weighted by atomic mass is 9.86. The Balaban J connectivity index is 2.84. The lowest BCUT2D eigenvalue weighted by Crippen LogP contribution is -2.13. The SMILES string of the molecule is CC(C)(C)[C@H]1C(C)(C)C1(Br)Br. The second kappa shape index (κ2) is 2.25. The molecule has 0 nitrogen and oxygen atoms in total. The first-order chi connectivity index (χ1) is 4.62. The fraction of sp³-hybridized carbons (Fsp3) is 1.00. The first-order valence-electron chi connectivity index (χ1n) is 3.99. The minimum absolute atomic E-state index is 0.172. The van der Waals surface area contributed by atoms with Crippen LogP contribution in [0.15, 0.2) is 0 Å². The summed E-state index contributed by atoms with van der Waals surface area (Å²) < 4.78 is 0.172. The van der Waals surface area contributed by atoms with Crippen molar-refractivity contribution in [3.8, 4) is 0 Å². The number of hydrogen-bond acceptors (Lipinski definition) is 0. The van der Waals surface area contributed by atoms with Gasteiger partial charge in [-0.2, -0.15) is 0 Å². The standard InChI is InChI=1S/C9H16Br2/c1-7(2,3)6-8(4,5)9(6,10)11/h6H,1-5H3/t6-/m0/s1. The molecule has 0 spiro atoms. The third-order valence-electron chi connectivity index (χ3n) is 2.73. The monoisotopic (exact) mass is 282 g/mol. The van der Waals surface area contributed by atoms with E-state index in [0.29, 0.717) is 16.7 Å². The van der Waals surface area contributed by atoms with E-state index in [1.54, 1.807) is 0 Å². The molecule has 66 valence electrons. The summed E-state index contributed by atoms with van der Waals surface area (Å²) in [4.78, 5) is 0. The maximum absolute atomic E-state index is 3.73. The van der Waals surface area contributed by atoms with Gasteiger partial charge in [-0.25, -0.2) is 0 Å². The molecule has 1 fully saturated rings. The van der Waals surface area contributed by atoms with E-state index in [4.69, 9.17) is 0 Å². The summed E-state index contributed by atoms with van der Waals surface area (Å²) in [6, 6.07) is 0. The molecule has 0 aromatic heterocycles. The van der Waals surface area contributed by atoms with Gasteiger partial charge in [0.05, 0.1) is 3.23 Å². The van der Waals surface area contributed by atoms with Gasteiger partial charge in [-0.3, -0.25) is 0 Å². The van der Waals surface area contributed by atoms with Gasteiger partial charge in [-0.05, 0) is 16.7 Å². The van der Waals surface area contributed by atoms with Crippen molar-refractivity contribution < 1.29 is 0 Å². The summed E-state index contributed by atoms with van der Waals surface area (Å²) >= 11 is 7.45. The quantitative estimate of drug-likeness (QED) is 0.585. The van der Waals surface area contributed by atoms with Gasteiger partial charge >= 0.3 is 0 Å². The molecule has 1 aliphatic rings. The molecule has 0 aromatic rings. The molecule has 1 saturated carbocycles. The summed E-state index contributed by atoms with van der Waals surface area (Å²) in [5.74, 6) is 0.711. The number of hydrogen-bond donors (Lipinski definition) is 0. The van der Waals surface area contributed by atoms with Gasteiger partial charge in [0.2, 0.25) is 0 Å². The molecule has 0 unspecified atom stereocenters. The first kappa shape index (κ1) is 10.0. The highest BCUT2D eigenvalue weighted by molar-refractivity contribution is 9.25. The van der Waals surface area contributed by atoms with E-state index in [9.17, 15) is 0 Å². The Kier molecular flexibility index (Phi) is 2.06. The van der Waals surface area contributed by atoms with Gasteiger partial charge in [0, 0.05) is 0 Å². The predicted molar refractivity (Wildman–Crippen MR) is 57.3 cm³/mol. The van der Waals surface area contributed by atoms with E-state index in [1.807, 2.05) is 0 Å². The Labute approximate surface area is 86.4 Å². The second-order valence-corrected chi connectivity index (χ2v) is 8.71. The highest BCUT2D eigenvalue weighted by atomic mass is 79.9. The Morgan fingerprint density at radius 3 is 1.36 bits per heavy atom. The average Bonchev–Trinajstić information content (AvgIpc) is 1.93. The Bertz CT molecular complexity index is 160. The lowest BCUT2D eigenvalue weighted by molar-refractivity contribution is 0.301. The van der Waals surface area contributed by atoms with Crippen LogP contribution < -0.4 is 0 Å². The largest absolute Gasteiger partial charge is 0.0898 e. The van der Waals surface area contributed by atoms with Gasteiger partial charge in [-0.15, -0.1) is 0 Å². The van der Waals surface area contributed by atoms with Gasteiger partial charge in [0.1, 0.15) is 0 Å². The van der Waals surface area contributed by atoms with Gasteiger partial charge in [0.25, 0.3) is 0 Å². The van der Waals surface area contributed by atoms with Crippen molar-refractivity contribution in [2.75, 3.05) is 0 Å². The van der Waals surface area contributed by atoms with Crippen LogP contribution in [0.5, 0.6) is 0 Å². The number of halogens is 2. The topological polar surface area (TPSA) is 0 Å². The van der Waals surface area contributed by atoms with Crippen LogP contribution >= 0.6 is 31.9 Å². The Morgan fingerprint density at radius 1 is 1.09 bits per heavy atom. The van der Waals surface area contributed by atoms with Crippen molar-refractivity contribution in [2.45, 2.75) is 37.9 Å². The van der Waals surface area contributed by atoms with E-state index < -0.39 is 0 Å². The highest BCUT2D eigenvalue weighted by Gasteiger charge is 2.72. The van der Waals surface area contributed by atoms with Crippen molar-refractivity contribution in [1.82, 2.24) is 0 Å². The minimum atomic E-state index is 0.172. The molecule has 0 bridgehead atoms. The van der Waals surface area contributed by atoms with Gasteiger partial charge in [0.15, 0.2) is 0 Å². The van der Waals surface area contributed by atoms with Crippen molar-refractivity contribution in [1.29, 1.82) is 0 Å². The summed E-state index contributed by atoms with van der Waals surface area (Å²) in [6.07, 6.45) is 0. The fourth-order valence-corrected chi connectivity index (χ4v) is 5.03. The summed E-state index contributed by atoms with van der Waals surface area (Å²) in [6.45, 7) is 11.5. The fourth-order valence-electron chi connectivity index (χ4n) is 2.28. The molecule has 1 atom stereocenters. The maximum Gasteiger partial charge on any atom is 0.0898 e. The molecule has 0 amide bonds. The van der Waals surface area contributed by atoms with Gasteiger partial charge < -0.3 is 0 Å². The summed E-state index contributed by atoms with van der Waals surface area (Å²) in [5.41, 5.74) is 0.766. The minimum Gasteiger partial charge on any atom is -0.0718 e. The zero-order valence-electron chi connectivity index (χ0n) is 7.83. The van der Waals surface area contributed by atoms with E-state index in [0.717, 1.165) is 0 Å². The van der Waals surface area contributed by atoms with Crippen LogP contribution in [-0.2, 0) is 0 Å². The Morgan fingerprint density at radius 2 is 1.36 bits per heavy atom. The summed E-state index contributed by atoms with van der Waals surface area (Å²) in [5, 5.41) is 0. The molecule has 0 aromatic carbocycles. The maximum atomic E-state index is 3.73. The van der Waals surface area contributed by atoms with Crippen LogP contribution in [0.25, 0.3) is 0 Å². The van der Waals surface area contributed by atoms with Crippen LogP contribution in [0.1, 0.15) is 34.6 Å². The van der Waals surface area contributed by atoms with Crippen LogP contribution in [0.3, 0.4) is 0 Å². The molecule has 11 heavy (non-hydrogen) atoms. The average molecular weight is 284 g/mol. The molecule has 0 heterocycles. The third-order valence-corrected chi connectivity index (χ3v) is 5.69. The second-order valence-electron chi connectivity index (χ2n) is 5.14. The first-order valence-corrected chi connectivity index (χ1v) is 5.58. The Hall–Kier alpha value is 0.960. The summed E-state index contributed by atoms with van der Waals surface area (Å²) in [7, 11) is 0. The van der Waals surface area contributed by atoms with Crippen molar-refractivity contribution in [2.24, 2.45) is 16.7 Å². The van der Waals surface area contributed by atoms with Crippen molar-refractivity contribution in [3.63, 3.8) is 0 Å². The van der Waals surface area contributed by atoms with E-state index in [2.05, 4.69) is 66.5 Å². The van der Waals surface area contributed by atoms with Crippen molar-refractivity contribution in [3.05, 3.63) is 0 Å². The molecule has 0 saturated heterocycles. The molecular formula is C9H16Br2. The molecular weight excluding hydrogens is 268 g/mol. The number of rotatable bonds is 0. The van der Waals surface area contributed by atoms with Crippen LogP contribution in [-0.4, -0.2) is 3.23 Å². The molecule has 0 N–H and O–H groups in total.